The van der Waals surface area contributed by atoms with E-state index in [9.17, 15) is 14.7 Å². The van der Waals surface area contributed by atoms with Gasteiger partial charge < -0.3 is 14.6 Å². The maximum Gasteiger partial charge on any atom is 0.342 e. The van der Waals surface area contributed by atoms with Crippen molar-refractivity contribution in [2.24, 2.45) is 0 Å². The molecule has 0 radical (unpaired) electrons. The minimum atomic E-state index is -0.632. The van der Waals surface area contributed by atoms with Crippen molar-refractivity contribution in [3.8, 4) is 11.5 Å². The van der Waals surface area contributed by atoms with E-state index in [2.05, 4.69) is 0 Å². The lowest BCUT2D eigenvalue weighted by Gasteiger charge is -2.10. The Morgan fingerprint density at radius 3 is 2.61 bits per heavy atom. The van der Waals surface area contributed by atoms with Gasteiger partial charge in [0.05, 0.1) is 6.61 Å². The highest BCUT2D eigenvalue weighted by atomic mass is 16.6. The Hall–Kier alpha value is -2.04. The topological polar surface area (TPSA) is 72.8 Å². The smallest absolute Gasteiger partial charge is 0.342 e. The van der Waals surface area contributed by atoms with E-state index in [1.165, 1.54) is 18.2 Å². The van der Waals surface area contributed by atoms with Crippen LogP contribution in [0.15, 0.2) is 18.2 Å². The lowest BCUT2D eigenvalue weighted by molar-refractivity contribution is -0.134. The van der Waals surface area contributed by atoms with Crippen LogP contribution in [0.25, 0.3) is 0 Å². The summed E-state index contributed by atoms with van der Waals surface area (Å²) in [4.78, 5) is 23.0. The van der Waals surface area contributed by atoms with Crippen LogP contribution in [0.2, 0.25) is 0 Å². The van der Waals surface area contributed by atoms with Crippen LogP contribution in [0.4, 0.5) is 0 Å². The van der Waals surface area contributed by atoms with Crippen molar-refractivity contribution in [1.82, 2.24) is 0 Å². The van der Waals surface area contributed by atoms with Crippen molar-refractivity contribution < 1.29 is 24.2 Å². The van der Waals surface area contributed by atoms with Gasteiger partial charge in [0.2, 0.25) is 0 Å². The standard InChI is InChI=1S/C13H16O5/c1-3-6-11(15)18-12-9(13(16)17-4-2)7-5-8-10(12)14/h5,7-8,14H,3-4,6H2,1-2H3. The van der Waals surface area contributed by atoms with Crippen LogP contribution in [0.5, 0.6) is 11.5 Å². The second kappa shape index (κ2) is 6.64. The summed E-state index contributed by atoms with van der Waals surface area (Å²) in [5.74, 6) is -1.53. The molecule has 0 unspecified atom stereocenters. The first kappa shape index (κ1) is 14.0. The zero-order valence-electron chi connectivity index (χ0n) is 10.4. The molecule has 0 saturated carbocycles. The zero-order chi connectivity index (χ0) is 13.5. The number of phenols is 1. The Labute approximate surface area is 105 Å². The molecule has 0 heterocycles. The molecule has 0 aliphatic carbocycles. The molecule has 5 heteroatoms. The quantitative estimate of drug-likeness (QED) is 0.642. The highest BCUT2D eigenvalue weighted by molar-refractivity contribution is 5.94. The van der Waals surface area contributed by atoms with Crippen molar-refractivity contribution in [3.05, 3.63) is 23.8 Å². The van der Waals surface area contributed by atoms with E-state index in [-0.39, 0.29) is 30.1 Å². The lowest BCUT2D eigenvalue weighted by Crippen LogP contribution is -2.12. The molecule has 1 rings (SSSR count). The van der Waals surface area contributed by atoms with Crippen molar-refractivity contribution in [1.29, 1.82) is 0 Å². The first-order chi connectivity index (χ1) is 8.60. The predicted molar refractivity (Wildman–Crippen MR) is 64.6 cm³/mol. The number of benzene rings is 1. The van der Waals surface area contributed by atoms with Crippen LogP contribution in [0, 0.1) is 0 Å². The molecule has 0 saturated heterocycles. The van der Waals surface area contributed by atoms with E-state index in [0.717, 1.165) is 0 Å². The van der Waals surface area contributed by atoms with Gasteiger partial charge in [-0.15, -0.1) is 0 Å². The molecule has 1 N–H and O–H groups in total. The fourth-order valence-electron chi connectivity index (χ4n) is 1.37. The van der Waals surface area contributed by atoms with Gasteiger partial charge in [-0.2, -0.15) is 0 Å². The van der Waals surface area contributed by atoms with Gasteiger partial charge in [0, 0.05) is 6.42 Å². The molecular formula is C13H16O5. The predicted octanol–water partition coefficient (Wildman–Crippen LogP) is 2.27. The number of rotatable bonds is 5. The summed E-state index contributed by atoms with van der Waals surface area (Å²) in [6, 6.07) is 4.27. The largest absolute Gasteiger partial charge is 0.504 e. The van der Waals surface area contributed by atoms with Crippen LogP contribution >= 0.6 is 0 Å². The normalized spacial score (nSPS) is 9.89. The molecule has 0 bridgehead atoms. The molecule has 0 aromatic heterocycles. The molecule has 0 aliphatic rings. The molecule has 0 atom stereocenters. The average Bonchev–Trinajstić information content (AvgIpc) is 2.32. The molecule has 98 valence electrons. The van der Waals surface area contributed by atoms with E-state index in [1.54, 1.807) is 6.92 Å². The number of esters is 2. The fourth-order valence-corrected chi connectivity index (χ4v) is 1.37. The molecule has 0 fully saturated rings. The molecule has 1 aromatic rings. The summed E-state index contributed by atoms with van der Waals surface area (Å²) in [7, 11) is 0. The Morgan fingerprint density at radius 2 is 2.00 bits per heavy atom. The van der Waals surface area contributed by atoms with Crippen molar-refractivity contribution in [3.63, 3.8) is 0 Å². The third-order valence-corrected chi connectivity index (χ3v) is 2.16. The molecule has 0 amide bonds. The molecule has 1 aromatic carbocycles. The molecule has 0 aliphatic heterocycles. The number of carbonyl (C=O) groups excluding carboxylic acids is 2. The Bertz CT molecular complexity index is 439. The molecule has 5 nitrogen and oxygen atoms in total. The van der Waals surface area contributed by atoms with Gasteiger partial charge in [-0.3, -0.25) is 4.79 Å². The first-order valence-corrected chi connectivity index (χ1v) is 5.79. The monoisotopic (exact) mass is 252 g/mol. The second-order valence-corrected chi connectivity index (χ2v) is 3.60. The fraction of sp³-hybridized carbons (Fsp3) is 0.385. The van der Waals surface area contributed by atoms with Crippen LogP contribution in [0.1, 0.15) is 37.0 Å². The average molecular weight is 252 g/mol. The summed E-state index contributed by atoms with van der Waals surface area (Å²) in [5, 5.41) is 9.64. The van der Waals surface area contributed by atoms with Crippen molar-refractivity contribution in [2.75, 3.05) is 6.61 Å². The summed E-state index contributed by atoms with van der Waals surface area (Å²) in [6.45, 7) is 3.71. The van der Waals surface area contributed by atoms with Gasteiger partial charge >= 0.3 is 11.9 Å². The Kier molecular flexibility index (Phi) is 5.17. The minimum Gasteiger partial charge on any atom is -0.504 e. The van der Waals surface area contributed by atoms with Gasteiger partial charge in [-0.05, 0) is 25.5 Å². The van der Waals surface area contributed by atoms with Gasteiger partial charge in [0.1, 0.15) is 5.56 Å². The van der Waals surface area contributed by atoms with Crippen LogP contribution < -0.4 is 4.74 Å². The second-order valence-electron chi connectivity index (χ2n) is 3.60. The van der Waals surface area contributed by atoms with Crippen LogP contribution in [-0.2, 0) is 9.53 Å². The number of hydrogen-bond donors (Lipinski definition) is 1. The van der Waals surface area contributed by atoms with Crippen LogP contribution in [0.3, 0.4) is 0 Å². The SMILES string of the molecule is CCCC(=O)Oc1c(O)cccc1C(=O)OCC. The Morgan fingerprint density at radius 1 is 1.28 bits per heavy atom. The maximum atomic E-state index is 11.6. The van der Waals surface area contributed by atoms with Gasteiger partial charge in [-0.25, -0.2) is 4.79 Å². The first-order valence-electron chi connectivity index (χ1n) is 5.79. The van der Waals surface area contributed by atoms with E-state index < -0.39 is 11.9 Å². The zero-order valence-corrected chi connectivity index (χ0v) is 10.4. The maximum absolute atomic E-state index is 11.6. The minimum absolute atomic E-state index is 0.0429. The number of ether oxygens (including phenoxy) is 2. The van der Waals surface area contributed by atoms with E-state index in [1.807, 2.05) is 6.92 Å². The highest BCUT2D eigenvalue weighted by Gasteiger charge is 2.19. The van der Waals surface area contributed by atoms with Gasteiger partial charge in [0.25, 0.3) is 0 Å². The summed E-state index contributed by atoms with van der Waals surface area (Å²) in [6.07, 6.45) is 0.845. The molecule has 0 spiro atoms. The van der Waals surface area contributed by atoms with E-state index in [4.69, 9.17) is 9.47 Å². The number of hydrogen-bond acceptors (Lipinski definition) is 5. The summed E-state index contributed by atoms with van der Waals surface area (Å²) < 4.78 is 9.82. The number of aromatic hydroxyl groups is 1. The van der Waals surface area contributed by atoms with Crippen LogP contribution in [-0.4, -0.2) is 23.7 Å². The van der Waals surface area contributed by atoms with Gasteiger partial charge in [0.15, 0.2) is 11.5 Å². The molecular weight excluding hydrogens is 236 g/mol. The van der Waals surface area contributed by atoms with E-state index in [0.29, 0.717) is 6.42 Å². The van der Waals surface area contributed by atoms with Gasteiger partial charge in [-0.1, -0.05) is 13.0 Å². The highest BCUT2D eigenvalue weighted by Crippen LogP contribution is 2.31. The number of carbonyl (C=O) groups is 2. The summed E-state index contributed by atoms with van der Waals surface area (Å²) in [5.41, 5.74) is 0.0429. The summed E-state index contributed by atoms with van der Waals surface area (Å²) >= 11 is 0. The molecule has 18 heavy (non-hydrogen) atoms. The Balaban J connectivity index is 3.00. The number of phenolic OH excluding ortho intramolecular Hbond substituents is 1. The third kappa shape index (κ3) is 3.48. The lowest BCUT2D eigenvalue weighted by atomic mass is 10.2. The number of para-hydroxylation sites is 1. The third-order valence-electron chi connectivity index (χ3n) is 2.16. The van der Waals surface area contributed by atoms with Crippen molar-refractivity contribution in [2.45, 2.75) is 26.7 Å². The van der Waals surface area contributed by atoms with E-state index >= 15 is 0 Å². The van der Waals surface area contributed by atoms with Crippen molar-refractivity contribution >= 4 is 11.9 Å².